The van der Waals surface area contributed by atoms with Crippen LogP contribution in [0.2, 0.25) is 10.0 Å². The van der Waals surface area contributed by atoms with E-state index in [1.54, 1.807) is 36.4 Å². The Morgan fingerprint density at radius 2 is 1.57 bits per heavy atom. The van der Waals surface area contributed by atoms with Gasteiger partial charge in [0.25, 0.3) is 11.8 Å². The fraction of sp³-hybridized carbons (Fsp3) is 0.176. The summed E-state index contributed by atoms with van der Waals surface area (Å²) in [5.74, 6) is -0.592. The monoisotopic (exact) mass is 348 g/mol. The first-order chi connectivity index (χ1) is 11.0. The van der Waals surface area contributed by atoms with Crippen molar-refractivity contribution in [2.75, 3.05) is 6.54 Å². The molecule has 23 heavy (non-hydrogen) atoms. The molecule has 1 aliphatic heterocycles. The van der Waals surface area contributed by atoms with Crippen LogP contribution in [0.3, 0.4) is 0 Å². The van der Waals surface area contributed by atoms with Crippen LogP contribution in [0.5, 0.6) is 0 Å². The first-order valence-electron chi connectivity index (χ1n) is 7.12. The van der Waals surface area contributed by atoms with Crippen LogP contribution in [-0.4, -0.2) is 29.3 Å². The van der Waals surface area contributed by atoms with Gasteiger partial charge in [-0.15, -0.1) is 0 Å². The zero-order chi connectivity index (χ0) is 16.6. The molecule has 4 nitrogen and oxygen atoms in total. The third-order valence-electron chi connectivity index (χ3n) is 3.78. The number of fused-ring (bicyclic) bond motifs is 1. The Morgan fingerprint density at radius 3 is 2.13 bits per heavy atom. The second kappa shape index (κ2) is 6.32. The lowest BCUT2D eigenvalue weighted by molar-refractivity contribution is 0.0644. The molecule has 0 saturated carbocycles. The summed E-state index contributed by atoms with van der Waals surface area (Å²) >= 11 is 11.9. The number of hydrogen-bond acceptors (Lipinski definition) is 3. The van der Waals surface area contributed by atoms with E-state index < -0.39 is 0 Å². The summed E-state index contributed by atoms with van der Waals surface area (Å²) in [6.45, 7) is 0.159. The van der Waals surface area contributed by atoms with Crippen molar-refractivity contribution in [2.45, 2.75) is 12.5 Å². The van der Waals surface area contributed by atoms with Crippen molar-refractivity contribution in [3.63, 3.8) is 0 Å². The van der Waals surface area contributed by atoms with E-state index in [0.717, 1.165) is 5.56 Å². The van der Waals surface area contributed by atoms with E-state index in [4.69, 9.17) is 28.9 Å². The van der Waals surface area contributed by atoms with Crippen molar-refractivity contribution in [1.82, 2.24) is 4.90 Å². The van der Waals surface area contributed by atoms with E-state index in [-0.39, 0.29) is 24.4 Å². The molecule has 0 fully saturated rings. The number of nitrogens with two attached hydrogens (primary N) is 1. The Bertz CT molecular complexity index is 757. The van der Waals surface area contributed by atoms with Gasteiger partial charge >= 0.3 is 0 Å². The minimum Gasteiger partial charge on any atom is -0.326 e. The minimum absolute atomic E-state index is 0.159. The third-order valence-corrected chi connectivity index (χ3v) is 4.52. The van der Waals surface area contributed by atoms with E-state index in [0.29, 0.717) is 27.6 Å². The molecule has 6 heteroatoms. The molecule has 0 bridgehead atoms. The van der Waals surface area contributed by atoms with Crippen molar-refractivity contribution in [3.05, 3.63) is 69.2 Å². The molecule has 0 radical (unpaired) electrons. The fourth-order valence-electron chi connectivity index (χ4n) is 2.67. The molecule has 0 saturated heterocycles. The smallest absolute Gasteiger partial charge is 0.261 e. The number of halogens is 2. The van der Waals surface area contributed by atoms with E-state index in [9.17, 15) is 9.59 Å². The van der Waals surface area contributed by atoms with Crippen molar-refractivity contribution in [1.29, 1.82) is 0 Å². The predicted octanol–water partition coefficient (Wildman–Crippen LogP) is 3.16. The maximum Gasteiger partial charge on any atom is 0.261 e. The summed E-state index contributed by atoms with van der Waals surface area (Å²) < 4.78 is 0. The summed E-state index contributed by atoms with van der Waals surface area (Å²) in [6, 6.07) is 11.7. The Hall–Kier alpha value is -1.88. The summed E-state index contributed by atoms with van der Waals surface area (Å²) in [7, 11) is 0. The molecule has 2 N–H and O–H groups in total. The van der Waals surface area contributed by atoms with Crippen LogP contribution in [0.25, 0.3) is 0 Å². The first-order valence-corrected chi connectivity index (χ1v) is 7.87. The Labute approximate surface area is 143 Å². The molecule has 118 valence electrons. The van der Waals surface area contributed by atoms with Crippen molar-refractivity contribution in [3.8, 4) is 0 Å². The zero-order valence-corrected chi connectivity index (χ0v) is 13.6. The summed E-state index contributed by atoms with van der Waals surface area (Å²) in [4.78, 5) is 25.8. The highest BCUT2D eigenvalue weighted by Gasteiger charge is 2.35. The van der Waals surface area contributed by atoms with Crippen LogP contribution in [0, 0.1) is 0 Å². The molecule has 2 aromatic carbocycles. The van der Waals surface area contributed by atoms with Gasteiger partial charge in [-0.25, -0.2) is 0 Å². The summed E-state index contributed by atoms with van der Waals surface area (Å²) in [5, 5.41) is 0.932. The highest BCUT2D eigenvalue weighted by atomic mass is 35.5. The lowest BCUT2D eigenvalue weighted by atomic mass is 10.1. The van der Waals surface area contributed by atoms with E-state index in [2.05, 4.69) is 0 Å². The standard InChI is InChI=1S/C17H14Cl2N2O2/c18-14-6-5-10(8-15(14)19)7-11(20)9-21-16(22)12-3-1-2-4-13(12)17(21)23/h1-6,8,11H,7,9,20H2/t11-/m0/s1. The van der Waals surface area contributed by atoms with Gasteiger partial charge in [0.05, 0.1) is 21.2 Å². The topological polar surface area (TPSA) is 63.4 Å². The lowest BCUT2D eigenvalue weighted by Gasteiger charge is -2.19. The van der Waals surface area contributed by atoms with Crippen molar-refractivity contribution < 1.29 is 9.59 Å². The van der Waals surface area contributed by atoms with Crippen LogP contribution in [-0.2, 0) is 6.42 Å². The quantitative estimate of drug-likeness (QED) is 0.863. The van der Waals surface area contributed by atoms with Gasteiger partial charge in [0.2, 0.25) is 0 Å². The molecule has 2 amide bonds. The number of carbonyl (C=O) groups excluding carboxylic acids is 2. The Kier molecular flexibility index (Phi) is 4.39. The van der Waals surface area contributed by atoms with Crippen LogP contribution in [0.4, 0.5) is 0 Å². The SMILES string of the molecule is N[C@@H](Cc1ccc(Cl)c(Cl)c1)CN1C(=O)c2ccccc2C1=O. The maximum absolute atomic E-state index is 12.3. The molecule has 1 aliphatic rings. The average molecular weight is 349 g/mol. The molecule has 1 heterocycles. The van der Waals surface area contributed by atoms with Crippen LogP contribution in [0.1, 0.15) is 26.3 Å². The molecule has 1 atom stereocenters. The van der Waals surface area contributed by atoms with Gasteiger partial charge in [-0.2, -0.15) is 0 Å². The first kappa shape index (κ1) is 16.0. The summed E-state index contributed by atoms with van der Waals surface area (Å²) in [6.07, 6.45) is 0.490. The number of hydrogen-bond donors (Lipinski definition) is 1. The number of amides is 2. The van der Waals surface area contributed by atoms with Gasteiger partial charge in [-0.1, -0.05) is 41.4 Å². The normalized spacial score (nSPS) is 15.0. The highest BCUT2D eigenvalue weighted by Crippen LogP contribution is 2.24. The van der Waals surface area contributed by atoms with Crippen LogP contribution < -0.4 is 5.73 Å². The van der Waals surface area contributed by atoms with Crippen LogP contribution >= 0.6 is 23.2 Å². The highest BCUT2D eigenvalue weighted by molar-refractivity contribution is 6.42. The van der Waals surface area contributed by atoms with Gasteiger partial charge in [-0.3, -0.25) is 14.5 Å². The number of rotatable bonds is 4. The number of imide groups is 1. The Morgan fingerprint density at radius 1 is 0.957 bits per heavy atom. The second-order valence-electron chi connectivity index (χ2n) is 5.48. The van der Waals surface area contributed by atoms with Gasteiger partial charge in [0.1, 0.15) is 0 Å². The van der Waals surface area contributed by atoms with E-state index >= 15 is 0 Å². The van der Waals surface area contributed by atoms with Gasteiger partial charge < -0.3 is 5.73 Å². The van der Waals surface area contributed by atoms with Gasteiger partial charge in [0, 0.05) is 12.6 Å². The van der Waals surface area contributed by atoms with E-state index in [1.165, 1.54) is 4.90 Å². The zero-order valence-electron chi connectivity index (χ0n) is 12.1. The molecule has 0 aliphatic carbocycles. The molecule has 0 aromatic heterocycles. The fourth-order valence-corrected chi connectivity index (χ4v) is 2.99. The number of benzene rings is 2. The second-order valence-corrected chi connectivity index (χ2v) is 6.29. The third kappa shape index (κ3) is 3.11. The Balaban J connectivity index is 1.71. The molecule has 2 aromatic rings. The van der Waals surface area contributed by atoms with Crippen molar-refractivity contribution in [2.24, 2.45) is 5.73 Å². The molecule has 0 spiro atoms. The van der Waals surface area contributed by atoms with E-state index in [1.807, 2.05) is 6.07 Å². The van der Waals surface area contributed by atoms with Crippen LogP contribution in [0.15, 0.2) is 42.5 Å². The molecule has 3 rings (SSSR count). The lowest BCUT2D eigenvalue weighted by Crippen LogP contribution is -2.41. The molecular weight excluding hydrogens is 335 g/mol. The van der Waals surface area contributed by atoms with Crippen molar-refractivity contribution >= 4 is 35.0 Å². The predicted molar refractivity (Wildman–Crippen MR) is 90.0 cm³/mol. The molecular formula is C17H14Cl2N2O2. The number of carbonyl (C=O) groups is 2. The number of nitrogens with zero attached hydrogens (tertiary/aromatic N) is 1. The maximum atomic E-state index is 12.3. The van der Waals surface area contributed by atoms with Gasteiger partial charge in [0.15, 0.2) is 0 Å². The largest absolute Gasteiger partial charge is 0.326 e. The van der Waals surface area contributed by atoms with Gasteiger partial charge in [-0.05, 0) is 36.2 Å². The molecule has 0 unspecified atom stereocenters. The minimum atomic E-state index is -0.380. The summed E-state index contributed by atoms with van der Waals surface area (Å²) in [5.41, 5.74) is 7.88. The average Bonchev–Trinajstić information content (AvgIpc) is 2.76.